The molecular formula is C24H26ClN5O2. The molecule has 0 bridgehead atoms. The molecular weight excluding hydrogens is 426 g/mol. The zero-order valence-corrected chi connectivity index (χ0v) is 19.0. The third-order valence-electron chi connectivity index (χ3n) is 6.96. The Balaban J connectivity index is 1.26. The standard InChI is InChI=1S/C24H26ClN5O2/c1-15-13-16(2)30-21(27-15)18(14-26-30)22(31)28-17-7-9-24(10-8-17)11-12-29(23(24)32)20-6-4-3-5-19(20)25/h3-6,13-14,17H,7-12H2,1-2H3,(H,28,31). The van der Waals surface area contributed by atoms with Crippen LogP contribution in [0.4, 0.5) is 5.69 Å². The van der Waals surface area contributed by atoms with Gasteiger partial charge in [0, 0.05) is 24.0 Å². The van der Waals surface area contributed by atoms with Crippen LogP contribution >= 0.6 is 11.6 Å². The van der Waals surface area contributed by atoms with Crippen LogP contribution < -0.4 is 10.2 Å². The molecule has 2 fully saturated rings. The Morgan fingerprint density at radius 3 is 2.69 bits per heavy atom. The summed E-state index contributed by atoms with van der Waals surface area (Å²) in [6, 6.07) is 9.48. The summed E-state index contributed by atoms with van der Waals surface area (Å²) in [4.78, 5) is 32.6. The highest BCUT2D eigenvalue weighted by Gasteiger charge is 2.49. The molecule has 3 aromatic rings. The Kier molecular flexibility index (Phi) is 5.16. The SMILES string of the molecule is Cc1cc(C)n2ncc(C(=O)NC3CCC4(CC3)CCN(c3ccccc3Cl)C4=O)c2n1. The first-order valence-electron chi connectivity index (χ1n) is 11.1. The van der Waals surface area contributed by atoms with Crippen molar-refractivity contribution in [2.24, 2.45) is 5.41 Å². The van der Waals surface area contributed by atoms with Gasteiger partial charge in [-0.05, 0) is 64.2 Å². The summed E-state index contributed by atoms with van der Waals surface area (Å²) in [6.07, 6.45) is 5.49. The zero-order chi connectivity index (χ0) is 22.5. The molecule has 1 aliphatic carbocycles. The lowest BCUT2D eigenvalue weighted by Crippen LogP contribution is -2.43. The lowest BCUT2D eigenvalue weighted by molar-refractivity contribution is -0.127. The molecule has 166 valence electrons. The first-order chi connectivity index (χ1) is 15.4. The van der Waals surface area contributed by atoms with Crippen molar-refractivity contribution in [3.05, 3.63) is 58.5 Å². The number of aromatic nitrogens is 3. The highest BCUT2D eigenvalue weighted by Crippen LogP contribution is 2.47. The van der Waals surface area contributed by atoms with Crippen molar-refractivity contribution in [1.29, 1.82) is 0 Å². The second-order valence-corrected chi connectivity index (χ2v) is 9.43. The Morgan fingerprint density at radius 2 is 1.94 bits per heavy atom. The number of para-hydroxylation sites is 1. The summed E-state index contributed by atoms with van der Waals surface area (Å²) in [7, 11) is 0. The minimum absolute atomic E-state index is 0.0381. The molecule has 32 heavy (non-hydrogen) atoms. The van der Waals surface area contributed by atoms with Crippen LogP contribution in [-0.2, 0) is 4.79 Å². The summed E-state index contributed by atoms with van der Waals surface area (Å²) in [5.74, 6) is 0.00190. The number of aryl methyl sites for hydroxylation is 2. The molecule has 1 aromatic carbocycles. The number of carbonyl (C=O) groups excluding carboxylic acids is 2. The summed E-state index contributed by atoms with van der Waals surface area (Å²) >= 11 is 6.33. The van der Waals surface area contributed by atoms with Crippen LogP contribution in [0.15, 0.2) is 36.5 Å². The van der Waals surface area contributed by atoms with E-state index < -0.39 is 0 Å². The number of amides is 2. The molecule has 3 heterocycles. The van der Waals surface area contributed by atoms with E-state index in [2.05, 4.69) is 15.4 Å². The van der Waals surface area contributed by atoms with E-state index in [9.17, 15) is 9.59 Å². The van der Waals surface area contributed by atoms with E-state index >= 15 is 0 Å². The minimum Gasteiger partial charge on any atom is -0.349 e. The second-order valence-electron chi connectivity index (χ2n) is 9.02. The van der Waals surface area contributed by atoms with Crippen LogP contribution in [0.3, 0.4) is 0 Å². The molecule has 1 aliphatic heterocycles. The number of carbonyl (C=O) groups is 2. The number of anilines is 1. The third kappa shape index (κ3) is 3.45. The van der Waals surface area contributed by atoms with Gasteiger partial charge in [0.25, 0.3) is 5.91 Å². The Morgan fingerprint density at radius 1 is 1.19 bits per heavy atom. The van der Waals surface area contributed by atoms with Gasteiger partial charge in [-0.1, -0.05) is 23.7 Å². The molecule has 0 radical (unpaired) electrons. The Bertz CT molecular complexity index is 1210. The largest absolute Gasteiger partial charge is 0.349 e. The summed E-state index contributed by atoms with van der Waals surface area (Å²) in [6.45, 7) is 4.54. The van der Waals surface area contributed by atoms with Gasteiger partial charge in [0.1, 0.15) is 5.56 Å². The smallest absolute Gasteiger partial charge is 0.256 e. The van der Waals surface area contributed by atoms with Crippen molar-refractivity contribution in [2.45, 2.75) is 52.0 Å². The van der Waals surface area contributed by atoms with Crippen molar-refractivity contribution < 1.29 is 9.59 Å². The van der Waals surface area contributed by atoms with Crippen molar-refractivity contribution in [3.8, 4) is 0 Å². The predicted molar refractivity (Wildman–Crippen MR) is 123 cm³/mol. The maximum atomic E-state index is 13.3. The molecule has 7 nitrogen and oxygen atoms in total. The fourth-order valence-corrected chi connectivity index (χ4v) is 5.43. The van der Waals surface area contributed by atoms with E-state index in [4.69, 9.17) is 11.6 Å². The van der Waals surface area contributed by atoms with Gasteiger partial charge in [0.15, 0.2) is 5.65 Å². The zero-order valence-electron chi connectivity index (χ0n) is 18.3. The van der Waals surface area contributed by atoms with Gasteiger partial charge in [0.2, 0.25) is 5.91 Å². The monoisotopic (exact) mass is 451 g/mol. The second kappa shape index (κ2) is 7.89. The molecule has 2 amide bonds. The summed E-state index contributed by atoms with van der Waals surface area (Å²) in [5, 5.41) is 8.07. The van der Waals surface area contributed by atoms with E-state index in [-0.39, 0.29) is 23.3 Å². The number of fused-ring (bicyclic) bond motifs is 1. The first kappa shape index (κ1) is 20.9. The minimum atomic E-state index is -0.347. The molecule has 0 unspecified atom stereocenters. The van der Waals surface area contributed by atoms with Crippen molar-refractivity contribution in [2.75, 3.05) is 11.4 Å². The van der Waals surface area contributed by atoms with Crippen LogP contribution in [0.2, 0.25) is 5.02 Å². The van der Waals surface area contributed by atoms with Gasteiger partial charge < -0.3 is 10.2 Å². The van der Waals surface area contributed by atoms with E-state index in [1.807, 2.05) is 49.1 Å². The average Bonchev–Trinajstić information content (AvgIpc) is 3.33. The number of hydrogen-bond donors (Lipinski definition) is 1. The van der Waals surface area contributed by atoms with E-state index in [0.29, 0.717) is 22.8 Å². The molecule has 1 N–H and O–H groups in total. The molecule has 2 aromatic heterocycles. The molecule has 2 aliphatic rings. The van der Waals surface area contributed by atoms with Crippen LogP contribution in [0.1, 0.15) is 53.8 Å². The molecule has 5 rings (SSSR count). The van der Waals surface area contributed by atoms with Gasteiger partial charge in [0.05, 0.1) is 22.3 Å². The molecule has 1 saturated carbocycles. The third-order valence-corrected chi connectivity index (χ3v) is 7.28. The van der Waals surface area contributed by atoms with Crippen LogP contribution in [-0.4, -0.2) is 39.0 Å². The van der Waals surface area contributed by atoms with Crippen LogP contribution in [0.25, 0.3) is 5.65 Å². The molecule has 0 atom stereocenters. The topological polar surface area (TPSA) is 79.6 Å². The van der Waals surface area contributed by atoms with Crippen LogP contribution in [0.5, 0.6) is 0 Å². The van der Waals surface area contributed by atoms with Gasteiger partial charge in [-0.2, -0.15) is 5.10 Å². The first-order valence-corrected chi connectivity index (χ1v) is 11.5. The van der Waals surface area contributed by atoms with E-state index in [0.717, 1.165) is 49.2 Å². The van der Waals surface area contributed by atoms with Gasteiger partial charge in [-0.15, -0.1) is 0 Å². The Hall–Kier alpha value is -2.93. The average molecular weight is 452 g/mol. The maximum absolute atomic E-state index is 13.3. The fourth-order valence-electron chi connectivity index (χ4n) is 5.19. The lowest BCUT2D eigenvalue weighted by Gasteiger charge is -2.36. The number of nitrogens with one attached hydrogen (secondary N) is 1. The van der Waals surface area contributed by atoms with Gasteiger partial charge in [-0.25, -0.2) is 9.50 Å². The highest BCUT2D eigenvalue weighted by atomic mass is 35.5. The Labute approximate surface area is 191 Å². The summed E-state index contributed by atoms with van der Waals surface area (Å²) < 4.78 is 1.69. The highest BCUT2D eigenvalue weighted by molar-refractivity contribution is 6.34. The van der Waals surface area contributed by atoms with Crippen molar-refractivity contribution in [3.63, 3.8) is 0 Å². The van der Waals surface area contributed by atoms with Crippen molar-refractivity contribution >= 4 is 34.7 Å². The lowest BCUT2D eigenvalue weighted by atomic mass is 9.71. The molecule has 8 heteroatoms. The number of nitrogens with zero attached hydrogens (tertiary/aromatic N) is 4. The van der Waals surface area contributed by atoms with E-state index in [1.165, 1.54) is 0 Å². The number of rotatable bonds is 3. The van der Waals surface area contributed by atoms with Gasteiger partial charge >= 0.3 is 0 Å². The predicted octanol–water partition coefficient (Wildman–Crippen LogP) is 4.10. The number of benzene rings is 1. The van der Waals surface area contributed by atoms with Crippen molar-refractivity contribution in [1.82, 2.24) is 19.9 Å². The molecule has 1 spiro atoms. The van der Waals surface area contributed by atoms with Gasteiger partial charge in [-0.3, -0.25) is 9.59 Å². The number of halogens is 1. The number of hydrogen-bond acceptors (Lipinski definition) is 4. The summed E-state index contributed by atoms with van der Waals surface area (Å²) in [5.41, 5.74) is 3.30. The quantitative estimate of drug-likeness (QED) is 0.650. The molecule has 1 saturated heterocycles. The maximum Gasteiger partial charge on any atom is 0.256 e. The van der Waals surface area contributed by atoms with E-state index in [1.54, 1.807) is 10.7 Å². The van der Waals surface area contributed by atoms with Crippen LogP contribution in [0, 0.1) is 19.3 Å². The fraction of sp³-hybridized carbons (Fsp3) is 0.417. The normalized spacial score (nSPS) is 23.3.